The van der Waals surface area contributed by atoms with E-state index in [1.54, 1.807) is 17.6 Å². The third kappa shape index (κ3) is 3.36. The molecule has 0 radical (unpaired) electrons. The maximum atomic E-state index is 10.2. The molecule has 5 heteroatoms. The molecular formula is C16H22N2O2S. The van der Waals surface area contributed by atoms with Crippen LogP contribution in [0.25, 0.3) is 10.8 Å². The van der Waals surface area contributed by atoms with Gasteiger partial charge in [0.25, 0.3) is 0 Å². The highest BCUT2D eigenvalue weighted by Gasteiger charge is 2.28. The van der Waals surface area contributed by atoms with Gasteiger partial charge in [0, 0.05) is 12.6 Å². The van der Waals surface area contributed by atoms with Crippen LogP contribution in [0.4, 0.5) is 0 Å². The van der Waals surface area contributed by atoms with Gasteiger partial charge in [-0.3, -0.25) is 4.90 Å². The van der Waals surface area contributed by atoms with Crippen molar-refractivity contribution in [2.45, 2.75) is 51.3 Å². The first-order chi connectivity index (χ1) is 10.3. The van der Waals surface area contributed by atoms with Crippen molar-refractivity contribution in [2.24, 2.45) is 0 Å². The van der Waals surface area contributed by atoms with Crippen LogP contribution in [0.15, 0.2) is 28.2 Å². The molecule has 1 aliphatic heterocycles. The number of aromatic nitrogens is 1. The van der Waals surface area contributed by atoms with E-state index in [0.717, 1.165) is 36.5 Å². The fraction of sp³-hybridized carbons (Fsp3) is 0.562. The molecule has 4 nitrogen and oxygen atoms in total. The lowest BCUT2D eigenvalue weighted by Gasteiger charge is -2.37. The number of piperidine rings is 1. The number of hydrogen-bond donors (Lipinski definition) is 1. The molecule has 3 heterocycles. The number of aliphatic hydroxyl groups excluding tert-OH is 1. The van der Waals surface area contributed by atoms with Crippen LogP contribution >= 0.6 is 11.3 Å². The number of rotatable bonds is 5. The van der Waals surface area contributed by atoms with Gasteiger partial charge in [-0.2, -0.15) is 0 Å². The maximum Gasteiger partial charge on any atom is 0.236 e. The molecule has 1 N–H and O–H groups in total. The Kier molecular flexibility index (Phi) is 4.73. The lowest BCUT2D eigenvalue weighted by Crippen LogP contribution is -2.46. The Balaban J connectivity index is 1.70. The van der Waals surface area contributed by atoms with E-state index in [4.69, 9.17) is 4.42 Å². The molecule has 0 aromatic carbocycles. The van der Waals surface area contributed by atoms with Gasteiger partial charge in [0.05, 0.1) is 16.7 Å². The third-order valence-electron chi connectivity index (χ3n) is 4.18. The average Bonchev–Trinajstić information content (AvgIpc) is 3.18. The van der Waals surface area contributed by atoms with E-state index >= 15 is 0 Å². The average molecular weight is 306 g/mol. The van der Waals surface area contributed by atoms with Gasteiger partial charge in [-0.25, -0.2) is 4.98 Å². The number of nitrogens with zero attached hydrogens (tertiary/aromatic N) is 2. The quantitative estimate of drug-likeness (QED) is 0.918. The highest BCUT2D eigenvalue weighted by Crippen LogP contribution is 2.26. The summed E-state index contributed by atoms with van der Waals surface area (Å²) in [6.45, 7) is 3.84. The summed E-state index contributed by atoms with van der Waals surface area (Å²) in [6.07, 6.45) is 5.79. The highest BCUT2D eigenvalue weighted by atomic mass is 32.1. The Morgan fingerprint density at radius 3 is 3.19 bits per heavy atom. The van der Waals surface area contributed by atoms with E-state index in [0.29, 0.717) is 5.89 Å². The van der Waals surface area contributed by atoms with E-state index in [9.17, 15) is 5.11 Å². The smallest absolute Gasteiger partial charge is 0.236 e. The molecule has 3 rings (SSSR count). The molecule has 0 saturated carbocycles. The summed E-state index contributed by atoms with van der Waals surface area (Å²) in [5, 5.41) is 12.2. The van der Waals surface area contributed by atoms with Crippen molar-refractivity contribution in [2.75, 3.05) is 6.54 Å². The van der Waals surface area contributed by atoms with Gasteiger partial charge < -0.3 is 9.52 Å². The summed E-state index contributed by atoms with van der Waals surface area (Å²) in [7, 11) is 0. The first kappa shape index (κ1) is 14.8. The molecule has 0 spiro atoms. The van der Waals surface area contributed by atoms with Crippen LogP contribution in [0.5, 0.6) is 0 Å². The van der Waals surface area contributed by atoms with Crippen LogP contribution in [0.3, 0.4) is 0 Å². The van der Waals surface area contributed by atoms with Crippen molar-refractivity contribution in [3.63, 3.8) is 0 Å². The number of likely N-dealkylation sites (tertiary alicyclic amines) is 1. The standard InChI is InChI=1S/C16H22N2O2S/c1-2-14(19)13-6-3-4-8-18(13)10-12-11-20-16(17-12)15-7-5-9-21-15/h5,7,9,11,13-14,19H,2-4,6,8,10H2,1H3. The molecule has 1 aliphatic rings. The first-order valence-electron chi connectivity index (χ1n) is 7.68. The summed E-state index contributed by atoms with van der Waals surface area (Å²) < 4.78 is 5.58. The second kappa shape index (κ2) is 6.73. The molecule has 1 fully saturated rings. The minimum Gasteiger partial charge on any atom is -0.444 e. The zero-order valence-corrected chi connectivity index (χ0v) is 13.2. The summed E-state index contributed by atoms with van der Waals surface area (Å²) in [5.74, 6) is 0.699. The number of thiophene rings is 1. The molecule has 21 heavy (non-hydrogen) atoms. The van der Waals surface area contributed by atoms with Gasteiger partial charge in [-0.1, -0.05) is 19.4 Å². The van der Waals surface area contributed by atoms with Gasteiger partial charge in [0.1, 0.15) is 6.26 Å². The van der Waals surface area contributed by atoms with Crippen LogP contribution in [0.1, 0.15) is 38.3 Å². The van der Waals surface area contributed by atoms with E-state index in [-0.39, 0.29) is 12.1 Å². The Bertz CT molecular complexity index is 552. The molecule has 1 saturated heterocycles. The van der Waals surface area contributed by atoms with Gasteiger partial charge in [-0.15, -0.1) is 11.3 Å². The maximum absolute atomic E-state index is 10.2. The van der Waals surface area contributed by atoms with E-state index in [1.165, 1.54) is 12.8 Å². The van der Waals surface area contributed by atoms with E-state index in [1.807, 2.05) is 24.4 Å². The Morgan fingerprint density at radius 1 is 1.52 bits per heavy atom. The van der Waals surface area contributed by atoms with Crippen molar-refractivity contribution >= 4 is 11.3 Å². The Morgan fingerprint density at radius 2 is 2.43 bits per heavy atom. The van der Waals surface area contributed by atoms with Crippen molar-refractivity contribution in [1.29, 1.82) is 0 Å². The zero-order chi connectivity index (χ0) is 14.7. The Labute approximate surface area is 129 Å². The minimum atomic E-state index is -0.242. The summed E-state index contributed by atoms with van der Waals surface area (Å²) in [6, 6.07) is 4.28. The third-order valence-corrected chi connectivity index (χ3v) is 5.03. The highest BCUT2D eigenvalue weighted by molar-refractivity contribution is 7.13. The summed E-state index contributed by atoms with van der Waals surface area (Å²) >= 11 is 1.63. The minimum absolute atomic E-state index is 0.242. The molecule has 2 aromatic heterocycles. The largest absolute Gasteiger partial charge is 0.444 e. The zero-order valence-electron chi connectivity index (χ0n) is 12.4. The molecule has 2 atom stereocenters. The lowest BCUT2D eigenvalue weighted by atomic mass is 9.96. The predicted octanol–water partition coefficient (Wildman–Crippen LogP) is 3.53. The number of hydrogen-bond acceptors (Lipinski definition) is 5. The van der Waals surface area contributed by atoms with E-state index < -0.39 is 0 Å². The normalized spacial score (nSPS) is 21.5. The molecule has 2 aromatic rings. The van der Waals surface area contributed by atoms with Crippen LogP contribution in [0, 0.1) is 0 Å². The molecule has 0 bridgehead atoms. The van der Waals surface area contributed by atoms with Gasteiger partial charge >= 0.3 is 0 Å². The fourth-order valence-electron chi connectivity index (χ4n) is 3.02. The van der Waals surface area contributed by atoms with Crippen molar-refractivity contribution in [1.82, 2.24) is 9.88 Å². The van der Waals surface area contributed by atoms with Crippen LogP contribution < -0.4 is 0 Å². The van der Waals surface area contributed by atoms with Crippen molar-refractivity contribution < 1.29 is 9.52 Å². The van der Waals surface area contributed by atoms with Gasteiger partial charge in [0.15, 0.2) is 0 Å². The Hall–Kier alpha value is -1.17. The second-order valence-corrected chi connectivity index (χ2v) is 6.58. The summed E-state index contributed by atoms with van der Waals surface area (Å²) in [5.41, 5.74) is 0.952. The molecule has 2 unspecified atom stereocenters. The van der Waals surface area contributed by atoms with E-state index in [2.05, 4.69) is 9.88 Å². The van der Waals surface area contributed by atoms with Crippen molar-refractivity contribution in [3.05, 3.63) is 29.5 Å². The lowest BCUT2D eigenvalue weighted by molar-refractivity contribution is 0.0189. The van der Waals surface area contributed by atoms with Gasteiger partial charge in [0.2, 0.25) is 5.89 Å². The topological polar surface area (TPSA) is 49.5 Å². The fourth-order valence-corrected chi connectivity index (χ4v) is 3.68. The van der Waals surface area contributed by atoms with Crippen LogP contribution in [-0.4, -0.2) is 33.7 Å². The molecule has 0 amide bonds. The second-order valence-electron chi connectivity index (χ2n) is 5.63. The molecule has 0 aliphatic carbocycles. The monoisotopic (exact) mass is 306 g/mol. The van der Waals surface area contributed by atoms with Crippen LogP contribution in [0.2, 0.25) is 0 Å². The molecular weight excluding hydrogens is 284 g/mol. The van der Waals surface area contributed by atoms with Crippen molar-refractivity contribution in [3.8, 4) is 10.8 Å². The number of aliphatic hydroxyl groups is 1. The SMILES string of the molecule is CCC(O)C1CCCCN1Cc1coc(-c2cccs2)n1. The summed E-state index contributed by atoms with van der Waals surface area (Å²) in [4.78, 5) is 8.00. The predicted molar refractivity (Wildman–Crippen MR) is 84.2 cm³/mol. The first-order valence-corrected chi connectivity index (χ1v) is 8.56. The molecule has 114 valence electrons. The van der Waals surface area contributed by atoms with Crippen LogP contribution in [-0.2, 0) is 6.54 Å². The number of oxazole rings is 1. The van der Waals surface area contributed by atoms with Gasteiger partial charge in [-0.05, 0) is 37.3 Å².